The third kappa shape index (κ3) is 2.56. The maximum Gasteiger partial charge on any atom is 0.258 e. The van der Waals surface area contributed by atoms with Crippen molar-refractivity contribution in [3.8, 4) is 0 Å². The fourth-order valence-corrected chi connectivity index (χ4v) is 4.35. The molecule has 146 valence electrons. The maximum absolute atomic E-state index is 13.5. The molecule has 0 aromatic carbocycles. The molecule has 0 unspecified atom stereocenters. The average Bonchev–Trinajstić information content (AvgIpc) is 3.20. The summed E-state index contributed by atoms with van der Waals surface area (Å²) in [6.45, 7) is 5.81. The van der Waals surface area contributed by atoms with Gasteiger partial charge in [0.25, 0.3) is 5.91 Å². The Morgan fingerprint density at radius 2 is 2.07 bits per heavy atom. The molecule has 28 heavy (non-hydrogen) atoms. The number of halogens is 1. The van der Waals surface area contributed by atoms with E-state index in [1.807, 2.05) is 18.9 Å². The fourth-order valence-electron chi connectivity index (χ4n) is 3.87. The van der Waals surface area contributed by atoms with Crippen molar-refractivity contribution >= 4 is 38.8 Å². The van der Waals surface area contributed by atoms with E-state index in [-0.39, 0.29) is 11.4 Å². The van der Waals surface area contributed by atoms with E-state index in [4.69, 9.17) is 4.42 Å². The van der Waals surface area contributed by atoms with Gasteiger partial charge in [0.05, 0.1) is 23.7 Å². The van der Waals surface area contributed by atoms with Crippen LogP contribution in [0.5, 0.6) is 0 Å². The molecule has 0 N–H and O–H groups in total. The summed E-state index contributed by atoms with van der Waals surface area (Å²) in [7, 11) is 2.03. The Balaban J connectivity index is 1.57. The van der Waals surface area contributed by atoms with E-state index in [0.29, 0.717) is 42.1 Å². The molecule has 8 nitrogen and oxygen atoms in total. The highest BCUT2D eigenvalue weighted by Gasteiger charge is 2.43. The quantitative estimate of drug-likeness (QED) is 0.617. The summed E-state index contributed by atoms with van der Waals surface area (Å²) in [5.74, 6) is 2.14. The van der Waals surface area contributed by atoms with Gasteiger partial charge in [-0.05, 0) is 42.6 Å². The van der Waals surface area contributed by atoms with Crippen LogP contribution in [0.15, 0.2) is 21.5 Å². The molecule has 9 heteroatoms. The van der Waals surface area contributed by atoms with Gasteiger partial charge in [-0.15, -0.1) is 0 Å². The van der Waals surface area contributed by atoms with Crippen LogP contribution in [0.25, 0.3) is 11.1 Å². The van der Waals surface area contributed by atoms with Crippen molar-refractivity contribution in [3.63, 3.8) is 0 Å². The number of nitrogens with zero attached hydrogens (tertiary/aromatic N) is 6. The second kappa shape index (κ2) is 6.04. The van der Waals surface area contributed by atoms with Gasteiger partial charge >= 0.3 is 0 Å². The number of hydrogen-bond donors (Lipinski definition) is 0. The van der Waals surface area contributed by atoms with Gasteiger partial charge in [0.1, 0.15) is 28.3 Å². The number of carbonyl (C=O) groups is 1. The van der Waals surface area contributed by atoms with Crippen LogP contribution in [0, 0.1) is 6.92 Å². The predicted octanol–water partition coefficient (Wildman–Crippen LogP) is 3.13. The van der Waals surface area contributed by atoms with Gasteiger partial charge in [0, 0.05) is 25.7 Å². The van der Waals surface area contributed by atoms with Gasteiger partial charge in [-0.25, -0.2) is 15.0 Å². The summed E-state index contributed by atoms with van der Waals surface area (Å²) in [5, 5.41) is 0.704. The molecule has 0 saturated heterocycles. The number of hydrogen-bond acceptors (Lipinski definition) is 6. The van der Waals surface area contributed by atoms with Crippen molar-refractivity contribution in [2.75, 3.05) is 18.5 Å². The Kier molecular flexibility index (Phi) is 3.81. The van der Waals surface area contributed by atoms with Crippen LogP contribution >= 0.6 is 15.9 Å². The summed E-state index contributed by atoms with van der Waals surface area (Å²) in [6, 6.07) is 0. The number of aryl methyl sites for hydroxylation is 1. The van der Waals surface area contributed by atoms with E-state index in [9.17, 15) is 4.79 Å². The molecule has 1 saturated carbocycles. The smallest absolute Gasteiger partial charge is 0.258 e. The van der Waals surface area contributed by atoms with Crippen LogP contribution in [0.3, 0.4) is 0 Å². The van der Waals surface area contributed by atoms with Gasteiger partial charge in [-0.3, -0.25) is 4.79 Å². The highest BCUT2D eigenvalue weighted by atomic mass is 79.9. The molecular formula is C19H21BrN6O2. The minimum atomic E-state index is -0.0629. The first-order valence-electron chi connectivity index (χ1n) is 9.36. The Morgan fingerprint density at radius 1 is 1.29 bits per heavy atom. The molecule has 0 bridgehead atoms. The first-order valence-corrected chi connectivity index (χ1v) is 10.2. The van der Waals surface area contributed by atoms with Crippen molar-refractivity contribution in [2.24, 2.45) is 0 Å². The topological polar surface area (TPSA) is 80.3 Å². The van der Waals surface area contributed by atoms with Crippen molar-refractivity contribution in [1.82, 2.24) is 24.4 Å². The Hall–Kier alpha value is -2.42. The lowest BCUT2D eigenvalue weighted by Crippen LogP contribution is -2.39. The summed E-state index contributed by atoms with van der Waals surface area (Å²) in [4.78, 5) is 30.7. The molecule has 1 amide bonds. The Labute approximate surface area is 170 Å². The molecule has 5 rings (SSSR count). The minimum Gasteiger partial charge on any atom is -0.442 e. The predicted molar refractivity (Wildman–Crippen MR) is 107 cm³/mol. The third-order valence-electron chi connectivity index (χ3n) is 6.06. The lowest BCUT2D eigenvalue weighted by molar-refractivity contribution is 0.0706. The monoisotopic (exact) mass is 444 g/mol. The van der Waals surface area contributed by atoms with Gasteiger partial charge in [0.2, 0.25) is 5.71 Å². The fraction of sp³-hybridized carbons (Fsp3) is 0.474. The minimum absolute atomic E-state index is 0.0629. The molecule has 1 aliphatic heterocycles. The summed E-state index contributed by atoms with van der Waals surface area (Å²) < 4.78 is 8.88. The number of anilines is 1. The highest BCUT2D eigenvalue weighted by Crippen LogP contribution is 2.44. The lowest BCUT2D eigenvalue weighted by atomic mass is 10.1. The molecule has 0 atom stereocenters. The van der Waals surface area contributed by atoms with Crippen molar-refractivity contribution in [1.29, 1.82) is 0 Å². The van der Waals surface area contributed by atoms with E-state index >= 15 is 0 Å². The summed E-state index contributed by atoms with van der Waals surface area (Å²) in [5.41, 5.74) is 1.10. The first kappa shape index (κ1) is 17.7. The average molecular weight is 445 g/mol. The van der Waals surface area contributed by atoms with Gasteiger partial charge in [0.15, 0.2) is 0 Å². The van der Waals surface area contributed by atoms with Crippen LogP contribution in [-0.2, 0) is 13.1 Å². The van der Waals surface area contributed by atoms with E-state index in [1.54, 1.807) is 6.20 Å². The molecule has 1 aliphatic carbocycles. The van der Waals surface area contributed by atoms with Crippen molar-refractivity contribution in [2.45, 2.75) is 45.3 Å². The molecule has 2 aliphatic rings. The van der Waals surface area contributed by atoms with Gasteiger partial charge < -0.3 is 18.8 Å². The SMILES string of the molecule is Cc1oc2ncnc(N(C)C3(C)CC3)c2c1C(=O)N1CCn2c(Br)cnc2C1. The van der Waals surface area contributed by atoms with Crippen molar-refractivity contribution in [3.05, 3.63) is 34.3 Å². The molecule has 3 aromatic heterocycles. The van der Waals surface area contributed by atoms with Crippen LogP contribution in [0.1, 0.15) is 41.7 Å². The first-order chi connectivity index (χ1) is 13.4. The number of fused-ring (bicyclic) bond motifs is 2. The Morgan fingerprint density at radius 3 is 2.82 bits per heavy atom. The van der Waals surface area contributed by atoms with E-state index in [2.05, 4.69) is 47.3 Å². The van der Waals surface area contributed by atoms with Crippen molar-refractivity contribution < 1.29 is 9.21 Å². The van der Waals surface area contributed by atoms with E-state index < -0.39 is 0 Å². The zero-order valence-electron chi connectivity index (χ0n) is 16.1. The van der Waals surface area contributed by atoms with Crippen LogP contribution in [-0.4, -0.2) is 49.5 Å². The number of aromatic nitrogens is 4. The molecule has 4 heterocycles. The van der Waals surface area contributed by atoms with Gasteiger partial charge in [-0.2, -0.15) is 0 Å². The molecule has 0 radical (unpaired) electrons. The largest absolute Gasteiger partial charge is 0.442 e. The number of imidazole rings is 1. The highest BCUT2D eigenvalue weighted by molar-refractivity contribution is 9.10. The number of amides is 1. The second-order valence-electron chi connectivity index (χ2n) is 7.84. The van der Waals surface area contributed by atoms with E-state index in [0.717, 1.165) is 29.1 Å². The number of carbonyl (C=O) groups excluding carboxylic acids is 1. The number of furan rings is 1. The summed E-state index contributed by atoms with van der Waals surface area (Å²) >= 11 is 3.50. The molecule has 1 fully saturated rings. The number of rotatable bonds is 3. The molecule has 0 spiro atoms. The Bertz CT molecular complexity index is 1100. The zero-order valence-corrected chi connectivity index (χ0v) is 17.7. The molecule has 3 aromatic rings. The van der Waals surface area contributed by atoms with Crippen LogP contribution in [0.4, 0.5) is 5.82 Å². The van der Waals surface area contributed by atoms with Crippen LogP contribution in [0.2, 0.25) is 0 Å². The second-order valence-corrected chi connectivity index (χ2v) is 8.65. The zero-order chi connectivity index (χ0) is 19.6. The standard InChI is InChI=1S/C19H21BrN6O2/c1-11-14(18(27)25-6-7-26-12(20)8-21-13(26)9-25)15-16(22-10-23-17(15)28-11)24(3)19(2)4-5-19/h8,10H,4-7,9H2,1-3H3. The third-order valence-corrected chi connectivity index (χ3v) is 6.69. The lowest BCUT2D eigenvalue weighted by Gasteiger charge is -2.29. The maximum atomic E-state index is 13.5. The normalized spacial score (nSPS) is 17.6. The summed E-state index contributed by atoms with van der Waals surface area (Å²) in [6.07, 6.45) is 5.50. The molecular weight excluding hydrogens is 424 g/mol. The van der Waals surface area contributed by atoms with E-state index in [1.165, 1.54) is 6.33 Å². The van der Waals surface area contributed by atoms with Crippen LogP contribution < -0.4 is 4.90 Å². The van der Waals surface area contributed by atoms with Gasteiger partial charge in [-0.1, -0.05) is 0 Å².